The van der Waals surface area contributed by atoms with Crippen LogP contribution in [0.3, 0.4) is 0 Å². The highest BCUT2D eigenvalue weighted by Crippen LogP contribution is 2.25. The van der Waals surface area contributed by atoms with E-state index in [1.165, 1.54) is 10.5 Å². The van der Waals surface area contributed by atoms with E-state index in [-0.39, 0.29) is 17.0 Å². The SMILES string of the molecule is CCOc1ccc(NC(=O)C(C#N)=Cc2c(Oc3ccc(C)cc3)nc3c(C)cccn3c2=O)cc1. The quantitative estimate of drug-likeness (QED) is 0.293. The van der Waals surface area contributed by atoms with E-state index in [2.05, 4.69) is 10.3 Å². The van der Waals surface area contributed by atoms with Gasteiger partial charge >= 0.3 is 0 Å². The van der Waals surface area contributed by atoms with Crippen LogP contribution in [0.1, 0.15) is 23.6 Å². The largest absolute Gasteiger partial charge is 0.494 e. The highest BCUT2D eigenvalue weighted by Gasteiger charge is 2.18. The monoisotopic (exact) mass is 480 g/mol. The van der Waals surface area contributed by atoms with Crippen molar-refractivity contribution in [3.05, 3.63) is 99.5 Å². The molecule has 0 atom stereocenters. The molecule has 4 aromatic rings. The first kappa shape index (κ1) is 24.2. The second-order valence-electron chi connectivity index (χ2n) is 8.02. The van der Waals surface area contributed by atoms with Crippen LogP contribution in [0.5, 0.6) is 17.4 Å². The van der Waals surface area contributed by atoms with E-state index in [9.17, 15) is 14.9 Å². The average Bonchev–Trinajstić information content (AvgIpc) is 2.87. The van der Waals surface area contributed by atoms with Crippen LogP contribution in [0.25, 0.3) is 11.7 Å². The number of amides is 1. The van der Waals surface area contributed by atoms with Crippen LogP contribution < -0.4 is 20.3 Å². The number of fused-ring (bicyclic) bond motifs is 1. The van der Waals surface area contributed by atoms with Gasteiger partial charge in [0.25, 0.3) is 11.5 Å². The number of aromatic nitrogens is 2. The predicted molar refractivity (Wildman–Crippen MR) is 137 cm³/mol. The highest BCUT2D eigenvalue weighted by atomic mass is 16.5. The Morgan fingerprint density at radius 3 is 2.44 bits per heavy atom. The Balaban J connectivity index is 1.76. The summed E-state index contributed by atoms with van der Waals surface area (Å²) in [4.78, 5) is 30.9. The van der Waals surface area contributed by atoms with E-state index in [0.717, 1.165) is 11.1 Å². The molecule has 0 saturated heterocycles. The lowest BCUT2D eigenvalue weighted by molar-refractivity contribution is -0.112. The summed E-state index contributed by atoms with van der Waals surface area (Å²) in [5.74, 6) is 0.462. The third-order valence-electron chi connectivity index (χ3n) is 5.36. The third kappa shape index (κ3) is 5.26. The third-order valence-corrected chi connectivity index (χ3v) is 5.36. The molecule has 1 N–H and O–H groups in total. The van der Waals surface area contributed by atoms with Crippen LogP contribution in [-0.4, -0.2) is 21.9 Å². The Morgan fingerprint density at radius 1 is 1.08 bits per heavy atom. The number of hydrogen-bond donors (Lipinski definition) is 1. The molecular formula is C28H24N4O4. The molecule has 8 nitrogen and oxygen atoms in total. The topological polar surface area (TPSA) is 106 Å². The molecule has 180 valence electrons. The molecule has 8 heteroatoms. The minimum atomic E-state index is -0.670. The number of nitrogens with one attached hydrogen (secondary N) is 1. The number of nitrogens with zero attached hydrogens (tertiary/aromatic N) is 3. The first-order valence-corrected chi connectivity index (χ1v) is 11.3. The van der Waals surface area contributed by atoms with Gasteiger partial charge in [0.1, 0.15) is 34.4 Å². The Labute approximate surface area is 208 Å². The standard InChI is InChI=1S/C28H24N4O4/c1-4-35-22-13-9-21(10-14-22)30-26(33)20(17-29)16-24-27(36-23-11-7-18(2)8-12-23)31-25-19(3)6-5-15-32(25)28(24)34/h5-16H,4H2,1-3H3,(H,30,33). The fourth-order valence-electron chi connectivity index (χ4n) is 3.50. The van der Waals surface area contributed by atoms with Crippen LogP contribution in [0.2, 0.25) is 0 Å². The summed E-state index contributed by atoms with van der Waals surface area (Å²) in [6, 6.07) is 19.4. The van der Waals surface area contributed by atoms with E-state index >= 15 is 0 Å². The molecule has 0 aliphatic rings. The van der Waals surface area contributed by atoms with Crippen LogP contribution >= 0.6 is 0 Å². The molecule has 2 aromatic carbocycles. The Kier molecular flexibility index (Phi) is 7.12. The lowest BCUT2D eigenvalue weighted by Gasteiger charge is -2.12. The number of rotatable bonds is 7. The summed E-state index contributed by atoms with van der Waals surface area (Å²) in [5, 5.41) is 12.4. The molecule has 0 aliphatic carbocycles. The number of hydrogen-bond acceptors (Lipinski definition) is 6. The van der Waals surface area contributed by atoms with E-state index in [0.29, 0.717) is 29.4 Å². The molecule has 0 aliphatic heterocycles. The lowest BCUT2D eigenvalue weighted by Crippen LogP contribution is -2.20. The van der Waals surface area contributed by atoms with E-state index in [1.54, 1.807) is 48.7 Å². The predicted octanol–water partition coefficient (Wildman–Crippen LogP) is 5.05. The molecule has 0 bridgehead atoms. The van der Waals surface area contributed by atoms with Crippen molar-refractivity contribution in [1.82, 2.24) is 9.38 Å². The molecule has 4 rings (SSSR count). The average molecular weight is 481 g/mol. The Morgan fingerprint density at radius 2 is 1.78 bits per heavy atom. The normalized spacial score (nSPS) is 11.1. The lowest BCUT2D eigenvalue weighted by atomic mass is 10.1. The molecule has 0 fully saturated rings. The first-order valence-electron chi connectivity index (χ1n) is 11.3. The number of carbonyl (C=O) groups excluding carboxylic acids is 1. The summed E-state index contributed by atoms with van der Waals surface area (Å²) < 4.78 is 12.7. The van der Waals surface area contributed by atoms with Gasteiger partial charge in [0, 0.05) is 11.9 Å². The Hall–Kier alpha value is -4.90. The van der Waals surface area contributed by atoms with Crippen LogP contribution in [0.15, 0.2) is 77.2 Å². The van der Waals surface area contributed by atoms with Crippen molar-refractivity contribution < 1.29 is 14.3 Å². The molecular weight excluding hydrogens is 456 g/mol. The number of nitriles is 1. The van der Waals surface area contributed by atoms with Gasteiger partial charge in [0.05, 0.1) is 6.61 Å². The maximum atomic E-state index is 13.4. The molecule has 0 spiro atoms. The second kappa shape index (κ2) is 10.6. The van der Waals surface area contributed by atoms with Gasteiger partial charge in [0.2, 0.25) is 5.88 Å². The number of ether oxygens (including phenoxy) is 2. The molecule has 1 amide bonds. The summed E-state index contributed by atoms with van der Waals surface area (Å²) in [7, 11) is 0. The van der Waals surface area contributed by atoms with Crippen molar-refractivity contribution in [1.29, 1.82) is 5.26 Å². The zero-order chi connectivity index (χ0) is 25.7. The minimum Gasteiger partial charge on any atom is -0.494 e. The summed E-state index contributed by atoms with van der Waals surface area (Å²) in [6.07, 6.45) is 2.79. The number of aryl methyl sites for hydroxylation is 2. The van der Waals surface area contributed by atoms with Crippen molar-refractivity contribution in [3.63, 3.8) is 0 Å². The van der Waals surface area contributed by atoms with Gasteiger partial charge in [-0.15, -0.1) is 0 Å². The van der Waals surface area contributed by atoms with Gasteiger partial charge < -0.3 is 14.8 Å². The maximum Gasteiger partial charge on any atom is 0.269 e. The molecule has 0 radical (unpaired) electrons. The summed E-state index contributed by atoms with van der Waals surface area (Å²) in [6.45, 7) is 6.18. The van der Waals surface area contributed by atoms with Gasteiger partial charge in [-0.1, -0.05) is 23.8 Å². The zero-order valence-electron chi connectivity index (χ0n) is 20.1. The molecule has 0 saturated carbocycles. The first-order chi connectivity index (χ1) is 17.4. The maximum absolute atomic E-state index is 13.4. The molecule has 0 unspecified atom stereocenters. The van der Waals surface area contributed by atoms with Gasteiger partial charge in [-0.3, -0.25) is 14.0 Å². The number of benzene rings is 2. The van der Waals surface area contributed by atoms with Crippen LogP contribution in [0, 0.1) is 25.2 Å². The Bertz CT molecular complexity index is 1550. The van der Waals surface area contributed by atoms with Gasteiger partial charge in [-0.2, -0.15) is 10.2 Å². The summed E-state index contributed by atoms with van der Waals surface area (Å²) >= 11 is 0. The van der Waals surface area contributed by atoms with Crippen molar-refractivity contribution in [2.45, 2.75) is 20.8 Å². The zero-order valence-corrected chi connectivity index (χ0v) is 20.1. The van der Waals surface area contributed by atoms with Gasteiger partial charge in [-0.05, 0) is 74.9 Å². The fourth-order valence-corrected chi connectivity index (χ4v) is 3.50. The van der Waals surface area contributed by atoms with E-state index in [1.807, 2.05) is 45.0 Å². The van der Waals surface area contributed by atoms with E-state index in [4.69, 9.17) is 9.47 Å². The summed E-state index contributed by atoms with van der Waals surface area (Å²) in [5.41, 5.74) is 1.95. The van der Waals surface area contributed by atoms with E-state index < -0.39 is 11.5 Å². The van der Waals surface area contributed by atoms with Gasteiger partial charge in [0.15, 0.2) is 0 Å². The second-order valence-corrected chi connectivity index (χ2v) is 8.02. The number of anilines is 1. The van der Waals surface area contributed by atoms with Crippen molar-refractivity contribution in [2.75, 3.05) is 11.9 Å². The smallest absolute Gasteiger partial charge is 0.269 e. The molecule has 2 aromatic heterocycles. The molecule has 36 heavy (non-hydrogen) atoms. The van der Waals surface area contributed by atoms with Gasteiger partial charge in [-0.25, -0.2) is 0 Å². The van der Waals surface area contributed by atoms with Crippen LogP contribution in [-0.2, 0) is 4.79 Å². The fraction of sp³-hybridized carbons (Fsp3) is 0.143. The van der Waals surface area contributed by atoms with Crippen LogP contribution in [0.4, 0.5) is 5.69 Å². The number of carbonyl (C=O) groups is 1. The van der Waals surface area contributed by atoms with Crippen molar-refractivity contribution >= 4 is 23.3 Å². The molecule has 2 heterocycles. The van der Waals surface area contributed by atoms with Crippen molar-refractivity contribution in [3.8, 4) is 23.4 Å². The highest BCUT2D eigenvalue weighted by molar-refractivity contribution is 6.09. The number of pyridine rings is 1. The minimum absolute atomic E-state index is 0.000213. The van der Waals surface area contributed by atoms with Crippen molar-refractivity contribution in [2.24, 2.45) is 0 Å².